The Labute approximate surface area is 101 Å². The van der Waals surface area contributed by atoms with Gasteiger partial charge in [-0.3, -0.25) is 4.79 Å². The largest absolute Gasteiger partial charge is 0.476 e. The molecule has 0 fully saturated rings. The number of hydrogen-bond acceptors (Lipinski definition) is 3. The van der Waals surface area contributed by atoms with Gasteiger partial charge >= 0.3 is 0 Å². The Balaban J connectivity index is 2.24. The van der Waals surface area contributed by atoms with E-state index in [1.54, 1.807) is 13.8 Å². The molecule has 0 spiro atoms. The highest BCUT2D eigenvalue weighted by Gasteiger charge is 2.35. The van der Waals surface area contributed by atoms with Gasteiger partial charge in [-0.1, -0.05) is 13.0 Å². The van der Waals surface area contributed by atoms with Crippen molar-refractivity contribution in [1.29, 1.82) is 0 Å². The van der Waals surface area contributed by atoms with E-state index in [9.17, 15) is 4.79 Å². The molecular weight excluding hydrogens is 216 g/mol. The number of benzene rings is 1. The molecule has 1 aromatic rings. The van der Waals surface area contributed by atoms with Crippen LogP contribution >= 0.6 is 0 Å². The average Bonchev–Trinajstić information content (AvgIpc) is 2.27. The van der Waals surface area contributed by atoms with E-state index in [0.29, 0.717) is 0 Å². The lowest BCUT2D eigenvalue weighted by molar-refractivity contribution is -0.129. The van der Waals surface area contributed by atoms with Crippen molar-refractivity contribution >= 4 is 11.6 Å². The second-order valence-corrected chi connectivity index (χ2v) is 4.68. The molecule has 0 unspecified atom stereocenters. The SMILES string of the molecule is CCNCc1ccc2c(c1)OC(C)(C)C(=O)N2. The molecule has 4 heteroatoms. The molecule has 2 rings (SSSR count). The topological polar surface area (TPSA) is 50.4 Å². The molecule has 0 atom stereocenters. The van der Waals surface area contributed by atoms with Crippen molar-refractivity contribution < 1.29 is 9.53 Å². The molecule has 1 aliphatic heterocycles. The molecule has 0 aliphatic carbocycles. The molecule has 0 aromatic heterocycles. The molecule has 0 saturated heterocycles. The third kappa shape index (κ3) is 2.42. The van der Waals surface area contributed by atoms with Crippen molar-refractivity contribution in [3.63, 3.8) is 0 Å². The lowest BCUT2D eigenvalue weighted by Gasteiger charge is -2.31. The maximum atomic E-state index is 11.7. The van der Waals surface area contributed by atoms with E-state index in [0.717, 1.165) is 30.1 Å². The number of ether oxygens (including phenoxy) is 1. The van der Waals surface area contributed by atoms with Crippen LogP contribution in [0.15, 0.2) is 18.2 Å². The number of nitrogens with one attached hydrogen (secondary N) is 2. The number of rotatable bonds is 3. The zero-order valence-electron chi connectivity index (χ0n) is 10.5. The smallest absolute Gasteiger partial charge is 0.268 e. The Morgan fingerprint density at radius 3 is 2.88 bits per heavy atom. The van der Waals surface area contributed by atoms with E-state index in [1.807, 2.05) is 18.2 Å². The Bertz CT molecular complexity index is 441. The molecule has 0 saturated carbocycles. The van der Waals surface area contributed by atoms with E-state index in [1.165, 1.54) is 0 Å². The van der Waals surface area contributed by atoms with Crippen LogP contribution in [0.3, 0.4) is 0 Å². The molecule has 1 heterocycles. The van der Waals surface area contributed by atoms with Gasteiger partial charge in [0.15, 0.2) is 5.60 Å². The van der Waals surface area contributed by atoms with Gasteiger partial charge < -0.3 is 15.4 Å². The highest BCUT2D eigenvalue weighted by Crippen LogP contribution is 2.34. The van der Waals surface area contributed by atoms with Crippen LogP contribution in [0.2, 0.25) is 0 Å². The fourth-order valence-electron chi connectivity index (χ4n) is 1.73. The molecule has 1 aliphatic rings. The summed E-state index contributed by atoms with van der Waals surface area (Å²) in [5.74, 6) is 0.634. The molecule has 1 aromatic carbocycles. The first kappa shape index (κ1) is 11.9. The molecule has 17 heavy (non-hydrogen) atoms. The molecular formula is C13H18N2O2. The van der Waals surface area contributed by atoms with Gasteiger partial charge in [0, 0.05) is 6.54 Å². The number of carbonyl (C=O) groups excluding carboxylic acids is 1. The second kappa shape index (κ2) is 4.37. The number of hydrogen-bond donors (Lipinski definition) is 2. The molecule has 1 amide bonds. The zero-order valence-corrected chi connectivity index (χ0v) is 10.5. The van der Waals surface area contributed by atoms with E-state index >= 15 is 0 Å². The third-order valence-corrected chi connectivity index (χ3v) is 2.79. The average molecular weight is 234 g/mol. The van der Waals surface area contributed by atoms with Gasteiger partial charge in [-0.25, -0.2) is 0 Å². The lowest BCUT2D eigenvalue weighted by Crippen LogP contribution is -2.45. The van der Waals surface area contributed by atoms with Crippen molar-refractivity contribution in [3.8, 4) is 5.75 Å². The first-order valence-corrected chi connectivity index (χ1v) is 5.87. The normalized spacial score (nSPS) is 17.0. The van der Waals surface area contributed by atoms with E-state index in [4.69, 9.17) is 4.74 Å². The number of amides is 1. The van der Waals surface area contributed by atoms with Gasteiger partial charge in [-0.15, -0.1) is 0 Å². The predicted octanol–water partition coefficient (Wildman–Crippen LogP) is 1.91. The van der Waals surface area contributed by atoms with Gasteiger partial charge in [0.2, 0.25) is 0 Å². The first-order valence-electron chi connectivity index (χ1n) is 5.87. The minimum atomic E-state index is -0.802. The second-order valence-electron chi connectivity index (χ2n) is 4.68. The number of anilines is 1. The summed E-state index contributed by atoms with van der Waals surface area (Å²) in [6.07, 6.45) is 0. The Hall–Kier alpha value is -1.55. The highest BCUT2D eigenvalue weighted by atomic mass is 16.5. The van der Waals surface area contributed by atoms with Gasteiger partial charge in [0.1, 0.15) is 5.75 Å². The van der Waals surface area contributed by atoms with Crippen LogP contribution in [0.1, 0.15) is 26.3 Å². The summed E-state index contributed by atoms with van der Waals surface area (Å²) in [6, 6.07) is 5.85. The summed E-state index contributed by atoms with van der Waals surface area (Å²) in [5, 5.41) is 6.11. The summed E-state index contributed by atoms with van der Waals surface area (Å²) in [5.41, 5.74) is 1.09. The van der Waals surface area contributed by atoms with Crippen LogP contribution in [0.5, 0.6) is 5.75 Å². The van der Waals surface area contributed by atoms with Crippen molar-refractivity contribution in [2.24, 2.45) is 0 Å². The summed E-state index contributed by atoms with van der Waals surface area (Å²) in [6.45, 7) is 7.34. The Morgan fingerprint density at radius 2 is 2.18 bits per heavy atom. The van der Waals surface area contributed by atoms with Crippen LogP contribution in [0.4, 0.5) is 5.69 Å². The minimum Gasteiger partial charge on any atom is -0.476 e. The highest BCUT2D eigenvalue weighted by molar-refractivity contribution is 6.00. The van der Waals surface area contributed by atoms with Gasteiger partial charge in [-0.05, 0) is 38.1 Å². The molecule has 0 bridgehead atoms. The van der Waals surface area contributed by atoms with Crippen molar-refractivity contribution in [1.82, 2.24) is 5.32 Å². The van der Waals surface area contributed by atoms with Crippen LogP contribution in [0.25, 0.3) is 0 Å². The van der Waals surface area contributed by atoms with Crippen LogP contribution < -0.4 is 15.4 Å². The van der Waals surface area contributed by atoms with Crippen LogP contribution in [-0.2, 0) is 11.3 Å². The van der Waals surface area contributed by atoms with Gasteiger partial charge in [-0.2, -0.15) is 0 Å². The van der Waals surface area contributed by atoms with E-state index in [2.05, 4.69) is 17.6 Å². The lowest BCUT2D eigenvalue weighted by atomic mass is 10.0. The van der Waals surface area contributed by atoms with Crippen molar-refractivity contribution in [3.05, 3.63) is 23.8 Å². The molecule has 92 valence electrons. The molecule has 4 nitrogen and oxygen atoms in total. The number of fused-ring (bicyclic) bond motifs is 1. The maximum absolute atomic E-state index is 11.7. The monoisotopic (exact) mass is 234 g/mol. The summed E-state index contributed by atoms with van der Waals surface area (Å²) >= 11 is 0. The van der Waals surface area contributed by atoms with Gasteiger partial charge in [0.25, 0.3) is 5.91 Å². The summed E-state index contributed by atoms with van der Waals surface area (Å²) in [4.78, 5) is 11.7. The first-order chi connectivity index (χ1) is 8.03. The third-order valence-electron chi connectivity index (χ3n) is 2.79. The van der Waals surface area contributed by atoms with Crippen LogP contribution in [-0.4, -0.2) is 18.1 Å². The molecule has 2 N–H and O–H groups in total. The Kier molecular flexibility index (Phi) is 3.07. The zero-order chi connectivity index (χ0) is 12.5. The van der Waals surface area contributed by atoms with Crippen LogP contribution in [0, 0.1) is 0 Å². The van der Waals surface area contributed by atoms with Gasteiger partial charge in [0.05, 0.1) is 5.69 Å². The van der Waals surface area contributed by atoms with E-state index < -0.39 is 5.60 Å². The molecule has 0 radical (unpaired) electrons. The summed E-state index contributed by atoms with van der Waals surface area (Å²) in [7, 11) is 0. The minimum absolute atomic E-state index is 0.107. The Morgan fingerprint density at radius 1 is 1.41 bits per heavy atom. The summed E-state index contributed by atoms with van der Waals surface area (Å²) < 4.78 is 5.71. The predicted molar refractivity (Wildman–Crippen MR) is 67.2 cm³/mol. The fourth-order valence-corrected chi connectivity index (χ4v) is 1.73. The number of carbonyl (C=O) groups is 1. The van der Waals surface area contributed by atoms with Crippen molar-refractivity contribution in [2.75, 3.05) is 11.9 Å². The standard InChI is InChI=1S/C13H18N2O2/c1-4-14-8-9-5-6-10-11(7-9)17-13(2,3)12(16)15-10/h5-7,14H,4,8H2,1-3H3,(H,15,16). The van der Waals surface area contributed by atoms with E-state index in [-0.39, 0.29) is 5.91 Å². The van der Waals surface area contributed by atoms with Crippen molar-refractivity contribution in [2.45, 2.75) is 32.9 Å². The fraction of sp³-hybridized carbons (Fsp3) is 0.462. The maximum Gasteiger partial charge on any atom is 0.268 e. The quantitative estimate of drug-likeness (QED) is 0.840.